The lowest BCUT2D eigenvalue weighted by molar-refractivity contribution is -0.111. The Balaban J connectivity index is 1.50. The average Bonchev–Trinajstić information content (AvgIpc) is 3.40. The molecular formula is C20H26N2O4S. The summed E-state index contributed by atoms with van der Waals surface area (Å²) in [5.41, 5.74) is 2.07. The van der Waals surface area contributed by atoms with Crippen LogP contribution in [0.25, 0.3) is 10.6 Å². The van der Waals surface area contributed by atoms with Crippen LogP contribution in [0.3, 0.4) is 0 Å². The van der Waals surface area contributed by atoms with Gasteiger partial charge in [-0.2, -0.15) is 0 Å². The molecule has 27 heavy (non-hydrogen) atoms. The normalized spacial score (nSPS) is 21.5. The van der Waals surface area contributed by atoms with Crippen molar-refractivity contribution in [3.05, 3.63) is 29.3 Å². The van der Waals surface area contributed by atoms with Gasteiger partial charge in [0.05, 0.1) is 44.7 Å². The number of hydrogen-bond acceptors (Lipinski definition) is 7. The molecule has 2 fully saturated rings. The second kappa shape index (κ2) is 8.56. The molecule has 4 rings (SSSR count). The molecule has 0 bridgehead atoms. The quantitative estimate of drug-likeness (QED) is 0.752. The van der Waals surface area contributed by atoms with E-state index in [-0.39, 0.29) is 6.29 Å². The van der Waals surface area contributed by atoms with Crippen LogP contribution < -0.4 is 9.47 Å². The maximum Gasteiger partial charge on any atom is 0.173 e. The number of hydrogen-bond donors (Lipinski definition) is 0. The van der Waals surface area contributed by atoms with Crippen LogP contribution in [-0.2, 0) is 16.0 Å². The Morgan fingerprint density at radius 2 is 2.04 bits per heavy atom. The number of aromatic nitrogens is 1. The lowest BCUT2D eigenvalue weighted by Crippen LogP contribution is -2.46. The molecule has 0 spiro atoms. The van der Waals surface area contributed by atoms with Crippen molar-refractivity contribution in [1.82, 2.24) is 9.88 Å². The smallest absolute Gasteiger partial charge is 0.173 e. The zero-order valence-corrected chi connectivity index (χ0v) is 16.7. The second-order valence-corrected chi connectivity index (χ2v) is 7.71. The summed E-state index contributed by atoms with van der Waals surface area (Å²) >= 11 is 1.65. The fourth-order valence-electron chi connectivity index (χ4n) is 3.81. The molecule has 0 amide bonds. The summed E-state index contributed by atoms with van der Waals surface area (Å²) in [6, 6.07) is 6.16. The molecule has 7 heteroatoms. The highest BCUT2D eigenvalue weighted by molar-refractivity contribution is 7.13. The van der Waals surface area contributed by atoms with Crippen molar-refractivity contribution >= 4 is 11.3 Å². The first-order valence-electron chi connectivity index (χ1n) is 9.42. The lowest BCUT2D eigenvalue weighted by Gasteiger charge is -2.37. The van der Waals surface area contributed by atoms with Crippen molar-refractivity contribution in [2.24, 2.45) is 0 Å². The molecule has 146 valence electrons. The molecule has 1 aromatic carbocycles. The fraction of sp³-hybridized carbons (Fsp3) is 0.550. The van der Waals surface area contributed by atoms with E-state index in [1.165, 1.54) is 12.8 Å². The van der Waals surface area contributed by atoms with E-state index in [1.807, 2.05) is 18.2 Å². The number of methoxy groups -OCH3 is 2. The first kappa shape index (κ1) is 18.7. The molecule has 0 aliphatic carbocycles. The van der Waals surface area contributed by atoms with Crippen LogP contribution in [0.5, 0.6) is 11.5 Å². The maximum absolute atomic E-state index is 5.78. The summed E-state index contributed by atoms with van der Waals surface area (Å²) in [5.74, 6) is 1.55. The van der Waals surface area contributed by atoms with Crippen molar-refractivity contribution in [1.29, 1.82) is 0 Å². The summed E-state index contributed by atoms with van der Waals surface area (Å²) < 4.78 is 22.4. The van der Waals surface area contributed by atoms with Gasteiger partial charge in [0, 0.05) is 18.0 Å². The minimum absolute atomic E-state index is 0.0925. The summed E-state index contributed by atoms with van der Waals surface area (Å²) in [5, 5.41) is 3.10. The summed E-state index contributed by atoms with van der Waals surface area (Å²) in [7, 11) is 3.33. The van der Waals surface area contributed by atoms with Crippen molar-refractivity contribution in [3.63, 3.8) is 0 Å². The summed E-state index contributed by atoms with van der Waals surface area (Å²) in [6.07, 6.45) is 3.47. The van der Waals surface area contributed by atoms with E-state index >= 15 is 0 Å². The highest BCUT2D eigenvalue weighted by Gasteiger charge is 2.33. The molecule has 1 atom stereocenters. The van der Waals surface area contributed by atoms with E-state index in [0.29, 0.717) is 19.3 Å². The molecule has 2 aliphatic heterocycles. The van der Waals surface area contributed by atoms with Gasteiger partial charge >= 0.3 is 0 Å². The molecular weight excluding hydrogens is 364 g/mol. The van der Waals surface area contributed by atoms with Gasteiger partial charge in [0.25, 0.3) is 0 Å². The molecule has 0 radical (unpaired) electrons. The number of piperidine rings is 1. The Labute approximate surface area is 164 Å². The molecule has 2 aliphatic rings. The van der Waals surface area contributed by atoms with E-state index in [4.69, 9.17) is 23.9 Å². The van der Waals surface area contributed by atoms with Crippen molar-refractivity contribution < 1.29 is 18.9 Å². The largest absolute Gasteiger partial charge is 0.497 e. The molecule has 1 aromatic heterocycles. The van der Waals surface area contributed by atoms with E-state index < -0.39 is 0 Å². The van der Waals surface area contributed by atoms with Gasteiger partial charge in [0.1, 0.15) is 16.5 Å². The summed E-state index contributed by atoms with van der Waals surface area (Å²) in [6.45, 7) is 3.29. The topological polar surface area (TPSA) is 53.1 Å². The predicted molar refractivity (Wildman–Crippen MR) is 104 cm³/mol. The number of rotatable bonds is 6. The predicted octanol–water partition coefficient (Wildman–Crippen LogP) is 3.55. The molecule has 6 nitrogen and oxygen atoms in total. The first-order valence-corrected chi connectivity index (χ1v) is 10.3. The van der Waals surface area contributed by atoms with E-state index in [0.717, 1.165) is 47.3 Å². The van der Waals surface area contributed by atoms with Crippen LogP contribution in [-0.4, -0.2) is 56.2 Å². The van der Waals surface area contributed by atoms with Crippen LogP contribution in [0.1, 0.15) is 25.0 Å². The van der Waals surface area contributed by atoms with Crippen molar-refractivity contribution in [2.75, 3.05) is 34.0 Å². The number of benzene rings is 1. The molecule has 0 saturated carbocycles. The Morgan fingerprint density at radius 1 is 1.19 bits per heavy atom. The lowest BCUT2D eigenvalue weighted by atomic mass is 10.0. The fourth-order valence-corrected chi connectivity index (χ4v) is 4.65. The van der Waals surface area contributed by atoms with Gasteiger partial charge in [-0.25, -0.2) is 4.98 Å². The number of nitrogens with zero attached hydrogens (tertiary/aromatic N) is 2. The van der Waals surface area contributed by atoms with Gasteiger partial charge in [0.2, 0.25) is 0 Å². The van der Waals surface area contributed by atoms with Crippen LogP contribution in [0, 0.1) is 0 Å². The minimum atomic E-state index is -0.0925. The van der Waals surface area contributed by atoms with Crippen LogP contribution >= 0.6 is 11.3 Å². The molecule has 2 aromatic rings. The zero-order chi connectivity index (χ0) is 18.6. The van der Waals surface area contributed by atoms with E-state index in [1.54, 1.807) is 25.6 Å². The SMILES string of the molecule is COc1ccc(-c2nc(CN3CCCCC3C3OCCO3)cs2)c(OC)c1. The van der Waals surface area contributed by atoms with E-state index in [9.17, 15) is 0 Å². The number of likely N-dealkylation sites (tertiary alicyclic amines) is 1. The van der Waals surface area contributed by atoms with Gasteiger partial charge < -0.3 is 18.9 Å². The summed E-state index contributed by atoms with van der Waals surface area (Å²) in [4.78, 5) is 7.34. The minimum Gasteiger partial charge on any atom is -0.497 e. The third-order valence-corrected chi connectivity index (χ3v) is 6.11. The highest BCUT2D eigenvalue weighted by Crippen LogP contribution is 2.35. The zero-order valence-electron chi connectivity index (χ0n) is 15.8. The Bertz CT molecular complexity index is 760. The van der Waals surface area contributed by atoms with Gasteiger partial charge in [-0.05, 0) is 31.5 Å². The van der Waals surface area contributed by atoms with Gasteiger partial charge in [-0.3, -0.25) is 4.90 Å². The third-order valence-electron chi connectivity index (χ3n) is 5.18. The van der Waals surface area contributed by atoms with Crippen molar-refractivity contribution in [3.8, 4) is 22.1 Å². The third kappa shape index (κ3) is 4.11. The molecule has 2 saturated heterocycles. The van der Waals surface area contributed by atoms with E-state index in [2.05, 4.69) is 10.3 Å². The van der Waals surface area contributed by atoms with Crippen LogP contribution in [0.15, 0.2) is 23.6 Å². The van der Waals surface area contributed by atoms with Gasteiger partial charge in [-0.15, -0.1) is 11.3 Å². The monoisotopic (exact) mass is 390 g/mol. The van der Waals surface area contributed by atoms with Gasteiger partial charge in [-0.1, -0.05) is 6.42 Å². The highest BCUT2D eigenvalue weighted by atomic mass is 32.1. The maximum atomic E-state index is 5.78. The standard InChI is InChI=1S/C20H26N2O4S/c1-23-15-6-7-16(18(11-15)24-2)19-21-14(13-27-19)12-22-8-4-3-5-17(22)20-25-9-10-26-20/h6-7,11,13,17,20H,3-5,8-10,12H2,1-2H3. The number of thiazole rings is 1. The molecule has 0 N–H and O–H groups in total. The van der Waals surface area contributed by atoms with Crippen LogP contribution in [0.2, 0.25) is 0 Å². The Morgan fingerprint density at radius 3 is 2.81 bits per heavy atom. The first-order chi connectivity index (χ1) is 13.3. The molecule has 3 heterocycles. The Kier molecular flexibility index (Phi) is 5.92. The number of ether oxygens (including phenoxy) is 4. The molecule has 1 unspecified atom stereocenters. The van der Waals surface area contributed by atoms with Crippen LogP contribution in [0.4, 0.5) is 0 Å². The Hall–Kier alpha value is -1.67. The van der Waals surface area contributed by atoms with Gasteiger partial charge in [0.15, 0.2) is 6.29 Å². The average molecular weight is 391 g/mol. The van der Waals surface area contributed by atoms with Crippen molar-refractivity contribution in [2.45, 2.75) is 38.1 Å². The second-order valence-electron chi connectivity index (χ2n) is 6.85.